The van der Waals surface area contributed by atoms with E-state index in [0.717, 1.165) is 25.1 Å². The van der Waals surface area contributed by atoms with Crippen molar-refractivity contribution in [2.45, 2.75) is 40.7 Å². The third kappa shape index (κ3) is 6.58. The smallest absolute Gasteiger partial charge is 0.179 e. The number of halogens is 1. The van der Waals surface area contributed by atoms with Crippen LogP contribution >= 0.6 is 11.6 Å². The van der Waals surface area contributed by atoms with E-state index >= 15 is 0 Å². The first-order valence-corrected chi connectivity index (χ1v) is 8.01. The van der Waals surface area contributed by atoms with E-state index in [-0.39, 0.29) is 0 Å². The molecule has 0 aliphatic heterocycles. The van der Waals surface area contributed by atoms with Crippen LogP contribution < -0.4 is 14.8 Å². The fraction of sp³-hybridized carbons (Fsp3) is 0.647. The highest BCUT2D eigenvalue weighted by molar-refractivity contribution is 6.32. The van der Waals surface area contributed by atoms with Crippen molar-refractivity contribution in [2.75, 3.05) is 20.3 Å². The summed E-state index contributed by atoms with van der Waals surface area (Å²) in [5.41, 5.74) is 1.11. The van der Waals surface area contributed by atoms with Gasteiger partial charge in [0.25, 0.3) is 0 Å². The third-order valence-corrected chi connectivity index (χ3v) is 3.39. The molecule has 0 unspecified atom stereocenters. The minimum absolute atomic E-state index is 0.606. The third-order valence-electron chi connectivity index (χ3n) is 3.11. The van der Waals surface area contributed by atoms with Crippen LogP contribution in [0, 0.1) is 11.8 Å². The summed E-state index contributed by atoms with van der Waals surface area (Å²) in [5.74, 6) is 2.58. The molecule has 0 saturated heterocycles. The van der Waals surface area contributed by atoms with Gasteiger partial charge in [-0.2, -0.15) is 0 Å². The molecule has 1 rings (SSSR count). The van der Waals surface area contributed by atoms with Crippen LogP contribution in [0.15, 0.2) is 12.1 Å². The van der Waals surface area contributed by atoms with Gasteiger partial charge in [0.2, 0.25) is 0 Å². The molecule has 4 heteroatoms. The lowest BCUT2D eigenvalue weighted by atomic mass is 10.1. The highest BCUT2D eigenvalue weighted by Gasteiger charge is 2.12. The molecule has 0 fully saturated rings. The van der Waals surface area contributed by atoms with E-state index in [0.29, 0.717) is 35.0 Å². The Bertz CT molecular complexity index is 433. The molecule has 0 atom stereocenters. The first kappa shape index (κ1) is 18.1. The number of ether oxygens (including phenoxy) is 2. The number of methoxy groups -OCH3 is 1. The van der Waals surface area contributed by atoms with Crippen LogP contribution in [0.1, 0.15) is 39.7 Å². The molecule has 1 N–H and O–H groups in total. The van der Waals surface area contributed by atoms with Crippen molar-refractivity contribution < 1.29 is 9.47 Å². The lowest BCUT2D eigenvalue weighted by Gasteiger charge is -2.15. The normalized spacial score (nSPS) is 11.2. The van der Waals surface area contributed by atoms with Gasteiger partial charge in [0, 0.05) is 6.54 Å². The summed E-state index contributed by atoms with van der Waals surface area (Å²) in [7, 11) is 1.65. The first-order valence-electron chi connectivity index (χ1n) is 7.64. The number of rotatable bonds is 9. The van der Waals surface area contributed by atoms with E-state index in [1.165, 1.54) is 0 Å². The van der Waals surface area contributed by atoms with Gasteiger partial charge in [-0.3, -0.25) is 0 Å². The largest absolute Gasteiger partial charge is 0.493 e. The van der Waals surface area contributed by atoms with Crippen molar-refractivity contribution in [1.29, 1.82) is 0 Å². The molecule has 0 aliphatic carbocycles. The standard InChI is InChI=1S/C17H28ClNO2/c1-12(2)6-7-21-17-15(18)8-14(9-16(17)20-5)11-19-10-13(3)4/h8-9,12-13,19H,6-7,10-11H2,1-5H3. The molecule has 0 aliphatic rings. The van der Waals surface area contributed by atoms with Gasteiger partial charge in [-0.1, -0.05) is 39.3 Å². The van der Waals surface area contributed by atoms with Crippen molar-refractivity contribution >= 4 is 11.6 Å². The van der Waals surface area contributed by atoms with Crippen molar-refractivity contribution in [2.24, 2.45) is 11.8 Å². The molecule has 3 nitrogen and oxygen atoms in total. The number of hydrogen-bond donors (Lipinski definition) is 1. The lowest BCUT2D eigenvalue weighted by molar-refractivity contribution is 0.273. The second kappa shape index (κ2) is 9.16. The zero-order valence-electron chi connectivity index (χ0n) is 13.8. The van der Waals surface area contributed by atoms with Gasteiger partial charge in [0.1, 0.15) is 0 Å². The summed E-state index contributed by atoms with van der Waals surface area (Å²) < 4.78 is 11.2. The van der Waals surface area contributed by atoms with E-state index in [4.69, 9.17) is 21.1 Å². The first-order chi connectivity index (χ1) is 9.93. The van der Waals surface area contributed by atoms with E-state index in [2.05, 4.69) is 33.0 Å². The molecule has 1 aromatic rings. The summed E-state index contributed by atoms with van der Waals surface area (Å²) in [6.45, 7) is 11.1. The maximum absolute atomic E-state index is 6.34. The highest BCUT2D eigenvalue weighted by Crippen LogP contribution is 2.36. The minimum Gasteiger partial charge on any atom is -0.493 e. The van der Waals surface area contributed by atoms with E-state index in [9.17, 15) is 0 Å². The summed E-state index contributed by atoms with van der Waals surface area (Å²) in [6, 6.07) is 3.94. The highest BCUT2D eigenvalue weighted by atomic mass is 35.5. The van der Waals surface area contributed by atoms with Crippen molar-refractivity contribution in [3.8, 4) is 11.5 Å². The Balaban J connectivity index is 2.72. The second-order valence-corrected chi connectivity index (χ2v) is 6.57. The topological polar surface area (TPSA) is 30.5 Å². The number of hydrogen-bond acceptors (Lipinski definition) is 3. The van der Waals surface area contributed by atoms with Gasteiger partial charge in [-0.05, 0) is 42.5 Å². The Morgan fingerprint density at radius 1 is 1.14 bits per heavy atom. The van der Waals surface area contributed by atoms with Gasteiger partial charge in [0.15, 0.2) is 11.5 Å². The molecule has 0 bridgehead atoms. The maximum atomic E-state index is 6.34. The average Bonchev–Trinajstić information content (AvgIpc) is 2.39. The van der Waals surface area contributed by atoms with Gasteiger partial charge in [0.05, 0.1) is 18.7 Å². The van der Waals surface area contributed by atoms with Crippen molar-refractivity contribution in [1.82, 2.24) is 5.32 Å². The summed E-state index contributed by atoms with van der Waals surface area (Å²) in [6.07, 6.45) is 0.997. The molecular weight excluding hydrogens is 286 g/mol. The van der Waals surface area contributed by atoms with Gasteiger partial charge in [-0.25, -0.2) is 0 Å². The predicted octanol–water partition coefficient (Wildman–Crippen LogP) is 4.52. The maximum Gasteiger partial charge on any atom is 0.179 e. The van der Waals surface area contributed by atoms with Crippen LogP contribution in [-0.4, -0.2) is 20.3 Å². The van der Waals surface area contributed by atoms with Crippen LogP contribution in [0.25, 0.3) is 0 Å². The number of benzene rings is 1. The zero-order chi connectivity index (χ0) is 15.8. The van der Waals surface area contributed by atoms with Crippen LogP contribution in [0.4, 0.5) is 0 Å². The van der Waals surface area contributed by atoms with Crippen LogP contribution in [-0.2, 0) is 6.54 Å². The summed E-state index contributed by atoms with van der Waals surface area (Å²) in [5, 5.41) is 4.01. The van der Waals surface area contributed by atoms with E-state index in [1.54, 1.807) is 7.11 Å². The molecule has 0 aromatic heterocycles. The fourth-order valence-electron chi connectivity index (χ4n) is 1.92. The average molecular weight is 314 g/mol. The summed E-state index contributed by atoms with van der Waals surface area (Å²) in [4.78, 5) is 0. The molecule has 21 heavy (non-hydrogen) atoms. The lowest BCUT2D eigenvalue weighted by Crippen LogP contribution is -2.19. The van der Waals surface area contributed by atoms with Crippen LogP contribution in [0.2, 0.25) is 5.02 Å². The van der Waals surface area contributed by atoms with Gasteiger partial charge < -0.3 is 14.8 Å². The van der Waals surface area contributed by atoms with Crippen LogP contribution in [0.5, 0.6) is 11.5 Å². The number of nitrogens with one attached hydrogen (secondary N) is 1. The molecule has 0 heterocycles. The van der Waals surface area contributed by atoms with Gasteiger partial charge >= 0.3 is 0 Å². The quantitative estimate of drug-likeness (QED) is 0.727. The summed E-state index contributed by atoms with van der Waals surface area (Å²) >= 11 is 6.34. The Kier molecular flexibility index (Phi) is 7.91. The Labute approximate surface area is 134 Å². The van der Waals surface area contributed by atoms with Crippen LogP contribution in [0.3, 0.4) is 0 Å². The molecule has 120 valence electrons. The second-order valence-electron chi connectivity index (χ2n) is 6.16. The molecule has 0 spiro atoms. The molecule has 0 amide bonds. The molecular formula is C17H28ClNO2. The van der Waals surface area contributed by atoms with Crippen molar-refractivity contribution in [3.63, 3.8) is 0 Å². The Morgan fingerprint density at radius 2 is 1.86 bits per heavy atom. The SMILES string of the molecule is COc1cc(CNCC(C)C)cc(Cl)c1OCCC(C)C. The zero-order valence-corrected chi connectivity index (χ0v) is 14.6. The van der Waals surface area contributed by atoms with Gasteiger partial charge in [-0.15, -0.1) is 0 Å². The van der Waals surface area contributed by atoms with E-state index in [1.807, 2.05) is 12.1 Å². The monoisotopic (exact) mass is 313 g/mol. The van der Waals surface area contributed by atoms with Crippen molar-refractivity contribution in [3.05, 3.63) is 22.7 Å². The van der Waals surface area contributed by atoms with E-state index < -0.39 is 0 Å². The molecule has 1 aromatic carbocycles. The molecule has 0 radical (unpaired) electrons. The minimum atomic E-state index is 0.606. The molecule has 0 saturated carbocycles. The predicted molar refractivity (Wildman–Crippen MR) is 89.5 cm³/mol. The Morgan fingerprint density at radius 3 is 2.43 bits per heavy atom. The Hall–Kier alpha value is -0.930. The fourth-order valence-corrected chi connectivity index (χ4v) is 2.21.